The SMILES string of the molecule is Cc1cc(I)ccc1Oc1ccc(OC(=O)C(C)(F)F)cc1. The standard InChI is InChI=1S/C16H13F2IO3/c1-10-9-11(19)3-8-14(10)21-12-4-6-13(7-5-12)22-15(20)16(2,17)18/h3-9H,1-2H3. The first-order valence-electron chi connectivity index (χ1n) is 6.40. The van der Waals surface area contributed by atoms with Gasteiger partial charge in [0.1, 0.15) is 17.2 Å². The normalized spacial score (nSPS) is 11.1. The molecule has 0 spiro atoms. The van der Waals surface area contributed by atoms with Crippen LogP contribution >= 0.6 is 22.6 Å². The smallest absolute Gasteiger partial charge is 0.382 e. The molecule has 22 heavy (non-hydrogen) atoms. The van der Waals surface area contributed by atoms with E-state index in [2.05, 4.69) is 27.3 Å². The Labute approximate surface area is 140 Å². The first kappa shape index (κ1) is 16.7. The van der Waals surface area contributed by atoms with E-state index < -0.39 is 11.9 Å². The van der Waals surface area contributed by atoms with Crippen LogP contribution < -0.4 is 9.47 Å². The molecular weight excluding hydrogens is 405 g/mol. The molecule has 0 heterocycles. The summed E-state index contributed by atoms with van der Waals surface area (Å²) in [7, 11) is 0. The number of benzene rings is 2. The number of esters is 1. The first-order valence-corrected chi connectivity index (χ1v) is 7.48. The van der Waals surface area contributed by atoms with Crippen LogP contribution in [0.25, 0.3) is 0 Å². The molecule has 0 amide bonds. The van der Waals surface area contributed by atoms with Crippen molar-refractivity contribution >= 4 is 28.6 Å². The zero-order chi connectivity index (χ0) is 16.3. The van der Waals surface area contributed by atoms with E-state index in [4.69, 9.17) is 4.74 Å². The molecule has 0 aliphatic heterocycles. The van der Waals surface area contributed by atoms with Crippen LogP contribution in [0.2, 0.25) is 0 Å². The van der Waals surface area contributed by atoms with Crippen LogP contribution in [0.4, 0.5) is 8.78 Å². The van der Waals surface area contributed by atoms with Gasteiger partial charge in [-0.15, -0.1) is 0 Å². The Hall–Kier alpha value is -1.70. The molecule has 0 unspecified atom stereocenters. The molecule has 0 fully saturated rings. The van der Waals surface area contributed by atoms with Gasteiger partial charge in [0.05, 0.1) is 0 Å². The number of alkyl halides is 2. The molecule has 6 heteroatoms. The Morgan fingerprint density at radius 1 is 1.09 bits per heavy atom. The Kier molecular flexibility index (Phi) is 5.00. The lowest BCUT2D eigenvalue weighted by molar-refractivity contribution is -0.158. The van der Waals surface area contributed by atoms with Gasteiger partial charge in [-0.25, -0.2) is 4.79 Å². The number of carbonyl (C=O) groups excluding carboxylic acids is 1. The lowest BCUT2D eigenvalue weighted by atomic mass is 10.2. The maximum Gasteiger partial charge on any atom is 0.382 e. The van der Waals surface area contributed by atoms with Gasteiger partial charge in [0.25, 0.3) is 0 Å². The summed E-state index contributed by atoms with van der Waals surface area (Å²) in [5.41, 5.74) is 0.980. The van der Waals surface area contributed by atoms with Gasteiger partial charge in [-0.3, -0.25) is 0 Å². The molecule has 0 saturated heterocycles. The summed E-state index contributed by atoms with van der Waals surface area (Å²) < 4.78 is 36.9. The van der Waals surface area contributed by atoms with Crippen LogP contribution in [-0.4, -0.2) is 11.9 Å². The van der Waals surface area contributed by atoms with Crippen LogP contribution in [0.5, 0.6) is 17.2 Å². The second-order valence-corrected chi connectivity index (χ2v) is 6.01. The molecule has 0 aromatic heterocycles. The van der Waals surface area contributed by atoms with Gasteiger partial charge in [-0.05, 0) is 77.5 Å². The summed E-state index contributed by atoms with van der Waals surface area (Å²) in [4.78, 5) is 11.1. The predicted octanol–water partition coefficient (Wildman–Crippen LogP) is 4.95. The summed E-state index contributed by atoms with van der Waals surface area (Å²) in [6.07, 6.45) is 0. The van der Waals surface area contributed by atoms with Crippen LogP contribution in [0, 0.1) is 10.5 Å². The summed E-state index contributed by atoms with van der Waals surface area (Å²) in [5, 5.41) is 0. The molecule has 0 bridgehead atoms. The van der Waals surface area contributed by atoms with E-state index in [1.807, 2.05) is 25.1 Å². The van der Waals surface area contributed by atoms with E-state index in [1.54, 1.807) is 12.1 Å². The van der Waals surface area contributed by atoms with Crippen molar-refractivity contribution < 1.29 is 23.0 Å². The highest BCUT2D eigenvalue weighted by Gasteiger charge is 2.34. The van der Waals surface area contributed by atoms with Crippen LogP contribution in [0.1, 0.15) is 12.5 Å². The van der Waals surface area contributed by atoms with E-state index >= 15 is 0 Å². The highest BCUT2D eigenvalue weighted by atomic mass is 127. The minimum atomic E-state index is -3.52. The molecule has 0 N–H and O–H groups in total. The van der Waals surface area contributed by atoms with Gasteiger partial charge < -0.3 is 9.47 Å². The number of hydrogen-bond acceptors (Lipinski definition) is 3. The lowest BCUT2D eigenvalue weighted by Crippen LogP contribution is -2.29. The summed E-state index contributed by atoms with van der Waals surface area (Å²) >= 11 is 2.21. The van der Waals surface area contributed by atoms with Gasteiger partial charge in [0, 0.05) is 10.5 Å². The van der Waals surface area contributed by atoms with Crippen molar-refractivity contribution in [2.45, 2.75) is 19.8 Å². The molecule has 0 aliphatic carbocycles. The highest BCUT2D eigenvalue weighted by molar-refractivity contribution is 14.1. The molecule has 0 atom stereocenters. The van der Waals surface area contributed by atoms with Crippen LogP contribution in [0.15, 0.2) is 42.5 Å². The average Bonchev–Trinajstić information content (AvgIpc) is 2.43. The number of rotatable bonds is 4. The lowest BCUT2D eigenvalue weighted by Gasteiger charge is -2.11. The molecule has 2 rings (SSSR count). The highest BCUT2D eigenvalue weighted by Crippen LogP contribution is 2.28. The summed E-state index contributed by atoms with van der Waals surface area (Å²) in [6, 6.07) is 11.7. The van der Waals surface area contributed by atoms with Crippen LogP contribution in [-0.2, 0) is 4.79 Å². The molecule has 3 nitrogen and oxygen atoms in total. The third-order valence-corrected chi connectivity index (χ3v) is 3.43. The fourth-order valence-corrected chi connectivity index (χ4v) is 2.27. The first-order chi connectivity index (χ1) is 10.3. The van der Waals surface area contributed by atoms with E-state index in [0.29, 0.717) is 18.4 Å². The Morgan fingerprint density at radius 3 is 2.23 bits per heavy atom. The molecule has 0 aliphatic rings. The fraction of sp³-hybridized carbons (Fsp3) is 0.188. The van der Waals surface area contributed by atoms with E-state index in [9.17, 15) is 13.6 Å². The molecule has 0 radical (unpaired) electrons. The van der Waals surface area contributed by atoms with Crippen molar-refractivity contribution in [3.63, 3.8) is 0 Å². The van der Waals surface area contributed by atoms with Crippen molar-refractivity contribution in [1.82, 2.24) is 0 Å². The van der Waals surface area contributed by atoms with E-state index in [0.717, 1.165) is 9.13 Å². The largest absolute Gasteiger partial charge is 0.457 e. The Morgan fingerprint density at radius 2 is 1.68 bits per heavy atom. The molecular formula is C16H13F2IO3. The minimum Gasteiger partial charge on any atom is -0.457 e. The maximum atomic E-state index is 12.7. The second-order valence-electron chi connectivity index (χ2n) is 4.76. The number of halogens is 3. The molecule has 116 valence electrons. The van der Waals surface area contributed by atoms with Crippen LogP contribution in [0.3, 0.4) is 0 Å². The summed E-state index contributed by atoms with van der Waals surface area (Å²) in [5.74, 6) is -3.85. The third kappa shape index (κ3) is 4.40. The number of carbonyl (C=O) groups is 1. The zero-order valence-corrected chi connectivity index (χ0v) is 14.1. The number of aryl methyl sites for hydroxylation is 1. The Bertz CT molecular complexity index is 679. The number of hydrogen-bond donors (Lipinski definition) is 0. The second kappa shape index (κ2) is 6.60. The van der Waals surface area contributed by atoms with Crippen molar-refractivity contribution in [1.29, 1.82) is 0 Å². The van der Waals surface area contributed by atoms with Crippen molar-refractivity contribution in [3.8, 4) is 17.2 Å². The van der Waals surface area contributed by atoms with Gasteiger partial charge >= 0.3 is 11.9 Å². The molecule has 2 aromatic rings. The zero-order valence-electron chi connectivity index (χ0n) is 11.9. The van der Waals surface area contributed by atoms with E-state index in [1.165, 1.54) is 12.1 Å². The van der Waals surface area contributed by atoms with Crippen molar-refractivity contribution in [3.05, 3.63) is 51.6 Å². The van der Waals surface area contributed by atoms with Crippen molar-refractivity contribution in [2.75, 3.05) is 0 Å². The van der Waals surface area contributed by atoms with Gasteiger partial charge in [0.2, 0.25) is 0 Å². The van der Waals surface area contributed by atoms with Gasteiger partial charge in [0.15, 0.2) is 0 Å². The van der Waals surface area contributed by atoms with Gasteiger partial charge in [-0.2, -0.15) is 8.78 Å². The summed E-state index contributed by atoms with van der Waals surface area (Å²) in [6.45, 7) is 2.42. The predicted molar refractivity (Wildman–Crippen MR) is 86.7 cm³/mol. The average molecular weight is 418 g/mol. The maximum absolute atomic E-state index is 12.7. The monoisotopic (exact) mass is 418 g/mol. The minimum absolute atomic E-state index is 0.0400. The third-order valence-electron chi connectivity index (χ3n) is 2.76. The quantitative estimate of drug-likeness (QED) is 0.401. The Balaban J connectivity index is 2.07. The fourth-order valence-electron chi connectivity index (χ4n) is 1.63. The molecule has 2 aromatic carbocycles. The van der Waals surface area contributed by atoms with E-state index in [-0.39, 0.29) is 5.75 Å². The topological polar surface area (TPSA) is 35.5 Å². The van der Waals surface area contributed by atoms with Gasteiger partial charge in [-0.1, -0.05) is 0 Å². The number of ether oxygens (including phenoxy) is 2. The van der Waals surface area contributed by atoms with Crippen molar-refractivity contribution in [2.24, 2.45) is 0 Å². The molecule has 0 saturated carbocycles.